The van der Waals surface area contributed by atoms with E-state index in [9.17, 15) is 0 Å². The van der Waals surface area contributed by atoms with Crippen LogP contribution in [0.5, 0.6) is 0 Å². The van der Waals surface area contributed by atoms with Crippen LogP contribution in [0.25, 0.3) is 0 Å². The summed E-state index contributed by atoms with van der Waals surface area (Å²) in [5.74, 6) is 1.62. The van der Waals surface area contributed by atoms with E-state index in [0.717, 1.165) is 25.0 Å². The lowest BCUT2D eigenvalue weighted by molar-refractivity contribution is 0.0161. The lowest BCUT2D eigenvalue weighted by Gasteiger charge is -2.28. The van der Waals surface area contributed by atoms with Crippen molar-refractivity contribution in [2.45, 2.75) is 65.5 Å². The van der Waals surface area contributed by atoms with Crippen molar-refractivity contribution in [3.05, 3.63) is 0 Å². The van der Waals surface area contributed by atoms with Gasteiger partial charge in [0, 0.05) is 12.6 Å². The van der Waals surface area contributed by atoms with E-state index in [1.165, 1.54) is 25.7 Å². The first-order chi connectivity index (χ1) is 7.69. The molecule has 0 aromatic heterocycles. The van der Waals surface area contributed by atoms with Gasteiger partial charge in [0.05, 0.1) is 6.10 Å². The molecule has 1 aliphatic carbocycles. The average Bonchev–Trinajstić information content (AvgIpc) is 3.05. The Morgan fingerprint density at radius 2 is 1.88 bits per heavy atom. The van der Waals surface area contributed by atoms with Gasteiger partial charge in [0.1, 0.15) is 0 Å². The van der Waals surface area contributed by atoms with Gasteiger partial charge in [0.2, 0.25) is 0 Å². The van der Waals surface area contributed by atoms with Gasteiger partial charge in [-0.2, -0.15) is 0 Å². The maximum atomic E-state index is 5.95. The van der Waals surface area contributed by atoms with Gasteiger partial charge in [-0.25, -0.2) is 0 Å². The van der Waals surface area contributed by atoms with Gasteiger partial charge in [-0.15, -0.1) is 0 Å². The van der Waals surface area contributed by atoms with Crippen molar-refractivity contribution in [2.75, 3.05) is 13.2 Å². The first-order valence-electron chi connectivity index (χ1n) is 7.04. The lowest BCUT2D eigenvalue weighted by atomic mass is 9.97. The zero-order valence-corrected chi connectivity index (χ0v) is 11.5. The summed E-state index contributed by atoms with van der Waals surface area (Å²) in [6.45, 7) is 10.8. The number of rotatable bonds is 9. The Morgan fingerprint density at radius 1 is 1.19 bits per heavy atom. The van der Waals surface area contributed by atoms with E-state index in [4.69, 9.17) is 4.74 Å². The molecule has 16 heavy (non-hydrogen) atoms. The Morgan fingerprint density at radius 3 is 2.31 bits per heavy atom. The van der Waals surface area contributed by atoms with Crippen LogP contribution >= 0.6 is 0 Å². The zero-order chi connectivity index (χ0) is 12.0. The van der Waals surface area contributed by atoms with Crippen molar-refractivity contribution in [3.8, 4) is 0 Å². The molecule has 2 heteroatoms. The second kappa shape index (κ2) is 7.29. The molecular formula is C14H29NO. The molecule has 96 valence electrons. The van der Waals surface area contributed by atoms with Crippen molar-refractivity contribution in [1.29, 1.82) is 0 Å². The highest BCUT2D eigenvalue weighted by molar-refractivity contribution is 4.90. The number of ether oxygens (including phenoxy) is 1. The van der Waals surface area contributed by atoms with Crippen LogP contribution in [0.15, 0.2) is 0 Å². The number of nitrogens with one attached hydrogen (secondary N) is 1. The standard InChI is InChI=1S/C14H29NO/c1-5-15-13(10-7-11(3)4)14(16-6-2)12-8-9-12/h11-15H,5-10H2,1-4H3. The normalized spacial score (nSPS) is 20.1. The molecule has 0 spiro atoms. The molecule has 0 heterocycles. The molecule has 0 amide bonds. The topological polar surface area (TPSA) is 21.3 Å². The molecule has 0 radical (unpaired) electrons. The molecule has 1 fully saturated rings. The summed E-state index contributed by atoms with van der Waals surface area (Å²) < 4.78 is 5.95. The summed E-state index contributed by atoms with van der Waals surface area (Å²) in [5.41, 5.74) is 0. The molecule has 1 rings (SSSR count). The molecule has 2 unspecified atom stereocenters. The van der Waals surface area contributed by atoms with Crippen LogP contribution in [-0.4, -0.2) is 25.3 Å². The van der Waals surface area contributed by atoms with E-state index in [1.54, 1.807) is 0 Å². The highest BCUT2D eigenvalue weighted by Gasteiger charge is 2.36. The first-order valence-corrected chi connectivity index (χ1v) is 7.04. The average molecular weight is 227 g/mol. The molecule has 0 bridgehead atoms. The third kappa shape index (κ3) is 4.84. The second-order valence-corrected chi connectivity index (χ2v) is 5.39. The molecule has 0 aromatic rings. The smallest absolute Gasteiger partial charge is 0.0755 e. The van der Waals surface area contributed by atoms with Gasteiger partial charge in [-0.05, 0) is 51.0 Å². The zero-order valence-electron chi connectivity index (χ0n) is 11.5. The molecule has 0 saturated heterocycles. The van der Waals surface area contributed by atoms with Gasteiger partial charge in [-0.3, -0.25) is 0 Å². The first kappa shape index (κ1) is 14.0. The second-order valence-electron chi connectivity index (χ2n) is 5.39. The minimum atomic E-state index is 0.462. The van der Waals surface area contributed by atoms with Crippen molar-refractivity contribution in [1.82, 2.24) is 5.32 Å². The maximum Gasteiger partial charge on any atom is 0.0755 e. The Balaban J connectivity index is 2.43. The van der Waals surface area contributed by atoms with Gasteiger partial charge in [0.25, 0.3) is 0 Å². The SMILES string of the molecule is CCNC(CCC(C)C)C(OCC)C1CC1. The van der Waals surface area contributed by atoms with Crippen LogP contribution in [0, 0.1) is 11.8 Å². The van der Waals surface area contributed by atoms with Crippen LogP contribution in [0.3, 0.4) is 0 Å². The van der Waals surface area contributed by atoms with Crippen LogP contribution in [0.2, 0.25) is 0 Å². The third-order valence-electron chi connectivity index (χ3n) is 3.36. The summed E-state index contributed by atoms with van der Waals surface area (Å²) in [4.78, 5) is 0. The van der Waals surface area contributed by atoms with E-state index < -0.39 is 0 Å². The Hall–Kier alpha value is -0.0800. The van der Waals surface area contributed by atoms with Crippen LogP contribution in [0.4, 0.5) is 0 Å². The van der Waals surface area contributed by atoms with Crippen molar-refractivity contribution >= 4 is 0 Å². The fraction of sp³-hybridized carbons (Fsp3) is 1.00. The summed E-state index contributed by atoms with van der Waals surface area (Å²) in [6, 6.07) is 0.569. The maximum absolute atomic E-state index is 5.95. The van der Waals surface area contributed by atoms with Crippen LogP contribution in [0.1, 0.15) is 53.4 Å². The Labute approximate surface area is 101 Å². The van der Waals surface area contributed by atoms with Crippen molar-refractivity contribution in [2.24, 2.45) is 11.8 Å². The summed E-state index contributed by atoms with van der Waals surface area (Å²) in [5, 5.41) is 3.62. The van der Waals surface area contributed by atoms with Crippen LogP contribution in [-0.2, 0) is 4.74 Å². The Kier molecular flexibility index (Phi) is 6.37. The van der Waals surface area contributed by atoms with Gasteiger partial charge in [0.15, 0.2) is 0 Å². The molecule has 0 aromatic carbocycles. The minimum absolute atomic E-state index is 0.462. The number of hydrogen-bond acceptors (Lipinski definition) is 2. The molecule has 1 aliphatic rings. The molecule has 2 atom stereocenters. The molecule has 2 nitrogen and oxygen atoms in total. The molecule has 1 saturated carbocycles. The lowest BCUT2D eigenvalue weighted by Crippen LogP contribution is -2.43. The molecule has 0 aliphatic heterocycles. The van der Waals surface area contributed by atoms with Gasteiger partial charge >= 0.3 is 0 Å². The molecular weight excluding hydrogens is 198 g/mol. The van der Waals surface area contributed by atoms with Crippen LogP contribution < -0.4 is 5.32 Å². The third-order valence-corrected chi connectivity index (χ3v) is 3.36. The monoisotopic (exact) mass is 227 g/mol. The minimum Gasteiger partial charge on any atom is -0.377 e. The fourth-order valence-corrected chi connectivity index (χ4v) is 2.36. The van der Waals surface area contributed by atoms with Crippen molar-refractivity contribution in [3.63, 3.8) is 0 Å². The predicted molar refractivity (Wildman–Crippen MR) is 69.7 cm³/mol. The summed E-state index contributed by atoms with van der Waals surface area (Å²) in [6.07, 6.45) is 5.76. The number of hydrogen-bond donors (Lipinski definition) is 1. The highest BCUT2D eigenvalue weighted by atomic mass is 16.5. The predicted octanol–water partition coefficient (Wildman–Crippen LogP) is 3.22. The Bertz CT molecular complexity index is 178. The van der Waals surface area contributed by atoms with Gasteiger partial charge < -0.3 is 10.1 Å². The summed E-state index contributed by atoms with van der Waals surface area (Å²) >= 11 is 0. The number of likely N-dealkylation sites (N-methyl/N-ethyl adjacent to an activating group) is 1. The van der Waals surface area contributed by atoms with Crippen molar-refractivity contribution < 1.29 is 4.74 Å². The molecule has 1 N–H and O–H groups in total. The quantitative estimate of drug-likeness (QED) is 0.653. The van der Waals surface area contributed by atoms with E-state index >= 15 is 0 Å². The largest absolute Gasteiger partial charge is 0.377 e. The van der Waals surface area contributed by atoms with E-state index in [-0.39, 0.29) is 0 Å². The van der Waals surface area contributed by atoms with E-state index in [1.807, 2.05) is 0 Å². The summed E-state index contributed by atoms with van der Waals surface area (Å²) in [7, 11) is 0. The van der Waals surface area contributed by atoms with E-state index in [0.29, 0.717) is 12.1 Å². The van der Waals surface area contributed by atoms with Gasteiger partial charge in [-0.1, -0.05) is 20.8 Å². The fourth-order valence-electron chi connectivity index (χ4n) is 2.36. The highest BCUT2D eigenvalue weighted by Crippen LogP contribution is 2.36. The van der Waals surface area contributed by atoms with E-state index in [2.05, 4.69) is 33.0 Å².